The highest BCUT2D eigenvalue weighted by molar-refractivity contribution is 5.81. The number of fused-ring (bicyclic) bond motifs is 1. The molecule has 1 saturated heterocycles. The lowest BCUT2D eigenvalue weighted by Gasteiger charge is -2.35. The van der Waals surface area contributed by atoms with Crippen LogP contribution in [0.25, 0.3) is 11.0 Å². The number of ether oxygens (including phenoxy) is 1. The zero-order valence-electron chi connectivity index (χ0n) is 13.6. The van der Waals surface area contributed by atoms with Crippen molar-refractivity contribution in [3.8, 4) is 0 Å². The molecular weight excluding hydrogens is 308 g/mol. The molecule has 0 saturated carbocycles. The maximum Gasteiger partial charge on any atom is 0.306 e. The van der Waals surface area contributed by atoms with Gasteiger partial charge in [0.1, 0.15) is 5.82 Å². The van der Waals surface area contributed by atoms with E-state index in [1.165, 1.54) is 7.11 Å². The van der Waals surface area contributed by atoms with E-state index in [1.54, 1.807) is 11.1 Å². The number of para-hydroxylation sites is 2. The lowest BCUT2D eigenvalue weighted by Crippen LogP contribution is -2.49. The first-order valence-electron chi connectivity index (χ1n) is 7.98. The first-order chi connectivity index (χ1) is 11.7. The number of nitrogens with zero attached hydrogens (tertiary/aromatic N) is 4. The van der Waals surface area contributed by atoms with Gasteiger partial charge in [-0.15, -0.1) is 0 Å². The van der Waals surface area contributed by atoms with E-state index in [0.717, 1.165) is 16.9 Å². The van der Waals surface area contributed by atoms with Gasteiger partial charge < -0.3 is 14.5 Å². The number of carbonyl (C=O) groups excluding carboxylic acids is 2. The fourth-order valence-electron chi connectivity index (χ4n) is 2.75. The highest BCUT2D eigenvalue weighted by atomic mass is 16.5. The van der Waals surface area contributed by atoms with E-state index in [0.29, 0.717) is 26.2 Å². The van der Waals surface area contributed by atoms with Crippen molar-refractivity contribution < 1.29 is 14.3 Å². The van der Waals surface area contributed by atoms with Crippen LogP contribution < -0.4 is 4.90 Å². The van der Waals surface area contributed by atoms with Gasteiger partial charge >= 0.3 is 5.97 Å². The largest absolute Gasteiger partial charge is 0.469 e. The fraction of sp³-hybridized carbons (Fsp3) is 0.412. The minimum atomic E-state index is -0.353. The second-order valence-corrected chi connectivity index (χ2v) is 5.66. The smallest absolute Gasteiger partial charge is 0.306 e. The second kappa shape index (κ2) is 7.25. The van der Waals surface area contributed by atoms with E-state index in [1.807, 2.05) is 24.3 Å². The van der Waals surface area contributed by atoms with Gasteiger partial charge in [-0.05, 0) is 12.1 Å². The van der Waals surface area contributed by atoms with Gasteiger partial charge in [-0.25, -0.2) is 4.98 Å². The summed E-state index contributed by atoms with van der Waals surface area (Å²) in [4.78, 5) is 36.2. The van der Waals surface area contributed by atoms with Gasteiger partial charge in [0, 0.05) is 32.6 Å². The lowest BCUT2D eigenvalue weighted by atomic mass is 10.2. The molecule has 0 bridgehead atoms. The molecule has 1 aliphatic rings. The first kappa shape index (κ1) is 16.2. The fourth-order valence-corrected chi connectivity index (χ4v) is 2.75. The number of hydrogen-bond acceptors (Lipinski definition) is 6. The topological polar surface area (TPSA) is 75.6 Å². The predicted molar refractivity (Wildman–Crippen MR) is 89.6 cm³/mol. The molecule has 7 nitrogen and oxygen atoms in total. The number of amides is 1. The molecule has 2 aromatic rings. The van der Waals surface area contributed by atoms with Crippen molar-refractivity contribution in [2.24, 2.45) is 0 Å². The van der Waals surface area contributed by atoms with E-state index >= 15 is 0 Å². The molecule has 7 heteroatoms. The van der Waals surface area contributed by atoms with Crippen LogP contribution in [0.3, 0.4) is 0 Å². The number of benzene rings is 1. The number of esters is 1. The summed E-state index contributed by atoms with van der Waals surface area (Å²) in [5, 5.41) is 0. The zero-order chi connectivity index (χ0) is 16.9. The van der Waals surface area contributed by atoms with Crippen molar-refractivity contribution >= 4 is 28.7 Å². The molecule has 24 heavy (non-hydrogen) atoms. The number of carbonyl (C=O) groups is 2. The molecule has 1 aliphatic heterocycles. The Labute approximate surface area is 140 Å². The third-order valence-electron chi connectivity index (χ3n) is 4.16. The summed E-state index contributed by atoms with van der Waals surface area (Å²) >= 11 is 0. The van der Waals surface area contributed by atoms with Gasteiger partial charge in [0.05, 0.1) is 30.8 Å². The molecular formula is C17H20N4O3. The van der Waals surface area contributed by atoms with E-state index < -0.39 is 0 Å². The monoisotopic (exact) mass is 328 g/mol. The SMILES string of the molecule is COC(=O)CCC(=O)N1CCN(c2cnc3ccccc3n2)CC1. The molecule has 0 aliphatic carbocycles. The van der Waals surface area contributed by atoms with Crippen LogP contribution in [0.15, 0.2) is 30.5 Å². The van der Waals surface area contributed by atoms with Crippen molar-refractivity contribution in [3.63, 3.8) is 0 Å². The molecule has 2 heterocycles. The summed E-state index contributed by atoms with van der Waals surface area (Å²) in [5.41, 5.74) is 1.74. The Hall–Kier alpha value is -2.70. The number of hydrogen-bond donors (Lipinski definition) is 0. The molecule has 1 fully saturated rings. The molecule has 0 unspecified atom stereocenters. The molecule has 3 rings (SSSR count). The highest BCUT2D eigenvalue weighted by Crippen LogP contribution is 2.17. The standard InChI is InChI=1S/C17H20N4O3/c1-24-17(23)7-6-16(22)21-10-8-20(9-11-21)15-12-18-13-4-2-3-5-14(13)19-15/h2-5,12H,6-11H2,1H3. The van der Waals surface area contributed by atoms with Gasteiger partial charge in [-0.1, -0.05) is 12.1 Å². The Kier molecular flexibility index (Phi) is 4.88. The Bertz CT molecular complexity index is 741. The van der Waals surface area contributed by atoms with E-state index in [-0.39, 0.29) is 24.7 Å². The van der Waals surface area contributed by atoms with Gasteiger partial charge in [0.25, 0.3) is 0 Å². The summed E-state index contributed by atoms with van der Waals surface area (Å²) in [6.45, 7) is 2.65. The van der Waals surface area contributed by atoms with Crippen LogP contribution in [0.4, 0.5) is 5.82 Å². The number of rotatable bonds is 4. The molecule has 0 radical (unpaired) electrons. The number of anilines is 1. The highest BCUT2D eigenvalue weighted by Gasteiger charge is 2.22. The average Bonchev–Trinajstić information content (AvgIpc) is 2.65. The van der Waals surface area contributed by atoms with E-state index in [4.69, 9.17) is 0 Å². The summed E-state index contributed by atoms with van der Waals surface area (Å²) in [5.74, 6) is 0.466. The second-order valence-electron chi connectivity index (χ2n) is 5.66. The summed E-state index contributed by atoms with van der Waals surface area (Å²) in [6, 6.07) is 7.76. The van der Waals surface area contributed by atoms with Crippen LogP contribution in [-0.2, 0) is 14.3 Å². The van der Waals surface area contributed by atoms with Crippen LogP contribution in [0.5, 0.6) is 0 Å². The normalized spacial score (nSPS) is 14.7. The maximum absolute atomic E-state index is 12.1. The molecule has 126 valence electrons. The molecule has 1 amide bonds. The summed E-state index contributed by atoms with van der Waals surface area (Å²) < 4.78 is 4.56. The van der Waals surface area contributed by atoms with Gasteiger partial charge in [-0.2, -0.15) is 0 Å². The Balaban J connectivity index is 1.57. The third kappa shape index (κ3) is 3.61. The van der Waals surface area contributed by atoms with Gasteiger partial charge in [0.2, 0.25) is 5.91 Å². The van der Waals surface area contributed by atoms with Crippen molar-refractivity contribution in [2.75, 3.05) is 38.2 Å². The molecule has 0 atom stereocenters. The summed E-state index contributed by atoms with van der Waals surface area (Å²) in [7, 11) is 1.33. The van der Waals surface area contributed by atoms with Crippen molar-refractivity contribution in [1.29, 1.82) is 0 Å². The molecule has 1 aromatic heterocycles. The van der Waals surface area contributed by atoms with E-state index in [9.17, 15) is 9.59 Å². The predicted octanol–water partition coefficient (Wildman–Crippen LogP) is 1.23. The Morgan fingerprint density at radius 3 is 2.50 bits per heavy atom. The third-order valence-corrected chi connectivity index (χ3v) is 4.16. The van der Waals surface area contributed by atoms with Crippen LogP contribution in [0, 0.1) is 0 Å². The van der Waals surface area contributed by atoms with Crippen molar-refractivity contribution in [1.82, 2.24) is 14.9 Å². The Morgan fingerprint density at radius 1 is 1.08 bits per heavy atom. The summed E-state index contributed by atoms with van der Waals surface area (Å²) in [6.07, 6.45) is 2.10. The number of piperazine rings is 1. The lowest BCUT2D eigenvalue weighted by molar-refractivity contribution is -0.143. The van der Waals surface area contributed by atoms with E-state index in [2.05, 4.69) is 19.6 Å². The number of aromatic nitrogens is 2. The quantitative estimate of drug-likeness (QED) is 0.786. The number of methoxy groups -OCH3 is 1. The molecule has 0 N–H and O–H groups in total. The first-order valence-corrected chi connectivity index (χ1v) is 7.98. The van der Waals surface area contributed by atoms with Crippen LogP contribution in [0.2, 0.25) is 0 Å². The van der Waals surface area contributed by atoms with Crippen LogP contribution >= 0.6 is 0 Å². The minimum absolute atomic E-state index is 0.00959. The maximum atomic E-state index is 12.1. The van der Waals surface area contributed by atoms with Crippen LogP contribution in [-0.4, -0.2) is 60.0 Å². The Morgan fingerprint density at radius 2 is 1.79 bits per heavy atom. The minimum Gasteiger partial charge on any atom is -0.469 e. The average molecular weight is 328 g/mol. The van der Waals surface area contributed by atoms with Gasteiger partial charge in [-0.3, -0.25) is 14.6 Å². The van der Waals surface area contributed by atoms with Crippen molar-refractivity contribution in [3.05, 3.63) is 30.5 Å². The van der Waals surface area contributed by atoms with Crippen LogP contribution in [0.1, 0.15) is 12.8 Å². The van der Waals surface area contributed by atoms with Crippen molar-refractivity contribution in [2.45, 2.75) is 12.8 Å². The zero-order valence-corrected chi connectivity index (χ0v) is 13.6. The van der Waals surface area contributed by atoms with Gasteiger partial charge in [0.15, 0.2) is 0 Å². The molecule has 0 spiro atoms. The molecule has 1 aromatic carbocycles.